The van der Waals surface area contributed by atoms with Crippen LogP contribution in [0.5, 0.6) is 0 Å². The molecule has 0 aromatic carbocycles. The molecule has 5 nitrogen and oxygen atoms in total. The van der Waals surface area contributed by atoms with Gasteiger partial charge in [0.05, 0.1) is 5.69 Å². The van der Waals surface area contributed by atoms with Crippen molar-refractivity contribution in [2.24, 2.45) is 5.92 Å². The molecule has 128 valence electrons. The van der Waals surface area contributed by atoms with Crippen LogP contribution >= 0.6 is 0 Å². The molecule has 0 radical (unpaired) electrons. The van der Waals surface area contributed by atoms with Crippen LogP contribution in [-0.2, 0) is 13.1 Å². The molecule has 3 aliphatic heterocycles. The lowest BCUT2D eigenvalue weighted by Crippen LogP contribution is -2.56. The number of hydrogen-bond acceptors (Lipinski definition) is 5. The van der Waals surface area contributed by atoms with E-state index in [0.29, 0.717) is 6.04 Å². The minimum absolute atomic E-state index is 0.612. The first-order valence-electron chi connectivity index (χ1n) is 8.98. The van der Waals surface area contributed by atoms with Crippen molar-refractivity contribution in [3.8, 4) is 0 Å². The lowest BCUT2D eigenvalue weighted by atomic mass is 9.82. The van der Waals surface area contributed by atoms with E-state index in [2.05, 4.69) is 26.0 Å². The molecule has 0 amide bonds. The van der Waals surface area contributed by atoms with E-state index in [4.69, 9.17) is 4.52 Å². The molecule has 3 fully saturated rings. The molecule has 5 heterocycles. The van der Waals surface area contributed by atoms with Gasteiger partial charge in [-0.05, 0) is 57.3 Å². The van der Waals surface area contributed by atoms with E-state index in [1.807, 2.05) is 32.3 Å². The summed E-state index contributed by atoms with van der Waals surface area (Å²) in [5, 5.41) is 4.14. The Morgan fingerprint density at radius 3 is 2.67 bits per heavy atom. The largest absolute Gasteiger partial charge is 0.361 e. The number of aryl methyl sites for hydroxylation is 2. The Kier molecular flexibility index (Phi) is 4.37. The Hall–Kier alpha value is -1.72. The Labute approximate surface area is 143 Å². The monoisotopic (exact) mass is 326 g/mol. The van der Waals surface area contributed by atoms with Crippen LogP contribution in [0.4, 0.5) is 0 Å². The summed E-state index contributed by atoms with van der Waals surface area (Å²) in [6, 6.07) is 4.82. The zero-order valence-corrected chi connectivity index (χ0v) is 14.6. The summed E-state index contributed by atoms with van der Waals surface area (Å²) in [6.45, 7) is 9.64. The minimum Gasteiger partial charge on any atom is -0.361 e. The number of rotatable bonds is 5. The predicted octanol–water partition coefficient (Wildman–Crippen LogP) is 2.78. The van der Waals surface area contributed by atoms with Gasteiger partial charge in [-0.3, -0.25) is 9.88 Å². The molecule has 0 N–H and O–H groups in total. The molecule has 24 heavy (non-hydrogen) atoms. The summed E-state index contributed by atoms with van der Waals surface area (Å²) < 4.78 is 5.40. The van der Waals surface area contributed by atoms with Crippen LogP contribution in [0.2, 0.25) is 0 Å². The van der Waals surface area contributed by atoms with Gasteiger partial charge in [0.2, 0.25) is 0 Å². The zero-order chi connectivity index (χ0) is 16.5. The fraction of sp³-hybridized carbons (Fsp3) is 0.579. The van der Waals surface area contributed by atoms with E-state index < -0.39 is 0 Å². The fourth-order valence-electron chi connectivity index (χ4n) is 4.29. The maximum absolute atomic E-state index is 5.40. The zero-order valence-electron chi connectivity index (χ0n) is 14.6. The SMILES string of the molecule is Cc1noc(C)c1CN(Cc1cccnc1)[C@H]1CN2CCC1CC2. The van der Waals surface area contributed by atoms with Crippen LogP contribution in [0, 0.1) is 19.8 Å². The Balaban J connectivity index is 1.59. The smallest absolute Gasteiger partial charge is 0.138 e. The second-order valence-electron chi connectivity index (χ2n) is 7.27. The molecular weight excluding hydrogens is 300 g/mol. The van der Waals surface area contributed by atoms with Crippen LogP contribution in [0.25, 0.3) is 0 Å². The van der Waals surface area contributed by atoms with Gasteiger partial charge in [-0.2, -0.15) is 0 Å². The van der Waals surface area contributed by atoms with Crippen molar-refractivity contribution in [3.63, 3.8) is 0 Å². The van der Waals surface area contributed by atoms with E-state index in [1.165, 1.54) is 43.6 Å². The third-order valence-corrected chi connectivity index (χ3v) is 5.74. The quantitative estimate of drug-likeness (QED) is 0.845. The summed E-state index contributed by atoms with van der Waals surface area (Å²) in [7, 11) is 0. The Bertz CT molecular complexity index is 656. The van der Waals surface area contributed by atoms with Gasteiger partial charge in [-0.25, -0.2) is 0 Å². The Morgan fingerprint density at radius 1 is 1.25 bits per heavy atom. The van der Waals surface area contributed by atoms with Crippen molar-refractivity contribution < 1.29 is 4.52 Å². The maximum Gasteiger partial charge on any atom is 0.138 e. The number of fused-ring (bicyclic) bond motifs is 3. The summed E-state index contributed by atoms with van der Waals surface area (Å²) in [4.78, 5) is 9.54. The van der Waals surface area contributed by atoms with Gasteiger partial charge < -0.3 is 9.42 Å². The molecule has 1 atom stereocenters. The van der Waals surface area contributed by atoms with E-state index in [9.17, 15) is 0 Å². The van der Waals surface area contributed by atoms with Crippen molar-refractivity contribution >= 4 is 0 Å². The number of nitrogens with zero attached hydrogens (tertiary/aromatic N) is 4. The molecule has 3 saturated heterocycles. The fourth-order valence-corrected chi connectivity index (χ4v) is 4.29. The standard InChI is InChI=1S/C19H26N4O/c1-14-18(15(2)24-21-14)12-23(11-16-4-3-7-20-10-16)19-13-22-8-5-17(19)6-9-22/h3-4,7,10,17,19H,5-6,8-9,11-13H2,1-2H3/t19-/m0/s1. The molecule has 3 aliphatic rings. The molecule has 2 bridgehead atoms. The minimum atomic E-state index is 0.612. The van der Waals surface area contributed by atoms with E-state index in [-0.39, 0.29) is 0 Å². The molecule has 2 aromatic rings. The first-order valence-corrected chi connectivity index (χ1v) is 8.98. The lowest BCUT2D eigenvalue weighted by molar-refractivity contribution is -0.00287. The van der Waals surface area contributed by atoms with Gasteiger partial charge in [-0.1, -0.05) is 11.2 Å². The molecule has 0 unspecified atom stereocenters. The van der Waals surface area contributed by atoms with Gasteiger partial charge in [0, 0.05) is 43.6 Å². The molecule has 0 spiro atoms. The highest BCUT2D eigenvalue weighted by atomic mass is 16.5. The van der Waals surface area contributed by atoms with Crippen LogP contribution in [0.15, 0.2) is 29.0 Å². The number of aromatic nitrogens is 2. The molecule has 5 rings (SSSR count). The highest BCUT2D eigenvalue weighted by Gasteiger charge is 2.37. The summed E-state index contributed by atoms with van der Waals surface area (Å²) in [5.41, 5.74) is 3.54. The maximum atomic E-state index is 5.40. The summed E-state index contributed by atoms with van der Waals surface area (Å²) >= 11 is 0. The first-order chi connectivity index (χ1) is 11.7. The van der Waals surface area contributed by atoms with Crippen LogP contribution in [-0.4, -0.2) is 45.6 Å². The predicted molar refractivity (Wildman–Crippen MR) is 92.4 cm³/mol. The van der Waals surface area contributed by atoms with Gasteiger partial charge in [0.25, 0.3) is 0 Å². The van der Waals surface area contributed by atoms with E-state index in [1.54, 1.807) is 0 Å². The molecular formula is C19H26N4O. The van der Waals surface area contributed by atoms with Crippen molar-refractivity contribution in [1.29, 1.82) is 0 Å². The average molecular weight is 326 g/mol. The van der Waals surface area contributed by atoms with Gasteiger partial charge in [0.1, 0.15) is 5.76 Å². The van der Waals surface area contributed by atoms with Crippen LogP contribution in [0.1, 0.15) is 35.4 Å². The van der Waals surface area contributed by atoms with E-state index >= 15 is 0 Å². The summed E-state index contributed by atoms with van der Waals surface area (Å²) in [5.74, 6) is 1.76. The topological polar surface area (TPSA) is 45.4 Å². The average Bonchev–Trinajstić information content (AvgIpc) is 2.95. The van der Waals surface area contributed by atoms with Gasteiger partial charge >= 0.3 is 0 Å². The highest BCUT2D eigenvalue weighted by Crippen LogP contribution is 2.33. The number of piperidine rings is 3. The third kappa shape index (κ3) is 3.10. The lowest BCUT2D eigenvalue weighted by Gasteiger charge is -2.49. The second kappa shape index (κ2) is 6.65. The first kappa shape index (κ1) is 15.8. The molecule has 2 aromatic heterocycles. The second-order valence-corrected chi connectivity index (χ2v) is 7.27. The normalized spacial score (nSPS) is 26.2. The van der Waals surface area contributed by atoms with Crippen molar-refractivity contribution in [2.45, 2.75) is 45.8 Å². The third-order valence-electron chi connectivity index (χ3n) is 5.74. The van der Waals surface area contributed by atoms with E-state index in [0.717, 1.165) is 30.5 Å². The number of hydrogen-bond donors (Lipinski definition) is 0. The molecule has 0 saturated carbocycles. The van der Waals surface area contributed by atoms with Gasteiger partial charge in [-0.15, -0.1) is 0 Å². The Morgan fingerprint density at radius 2 is 2.08 bits per heavy atom. The summed E-state index contributed by atoms with van der Waals surface area (Å²) in [6.07, 6.45) is 6.49. The number of pyridine rings is 1. The molecule has 0 aliphatic carbocycles. The van der Waals surface area contributed by atoms with Crippen LogP contribution in [0.3, 0.4) is 0 Å². The van der Waals surface area contributed by atoms with Crippen LogP contribution < -0.4 is 0 Å². The van der Waals surface area contributed by atoms with Gasteiger partial charge in [0.15, 0.2) is 0 Å². The van der Waals surface area contributed by atoms with Crippen molar-refractivity contribution in [2.75, 3.05) is 19.6 Å². The van der Waals surface area contributed by atoms with Crippen molar-refractivity contribution in [1.82, 2.24) is 19.9 Å². The van der Waals surface area contributed by atoms with Crippen molar-refractivity contribution in [3.05, 3.63) is 47.1 Å². The molecule has 5 heteroatoms. The highest BCUT2D eigenvalue weighted by molar-refractivity contribution is 5.21.